The zero-order valence-electron chi connectivity index (χ0n) is 23.1. The normalized spacial score (nSPS) is 12.5. The summed E-state index contributed by atoms with van der Waals surface area (Å²) < 4.78 is 73.0. The highest BCUT2D eigenvalue weighted by Crippen LogP contribution is 2.17. The Kier molecular flexibility index (Phi) is 11.6. The van der Waals surface area contributed by atoms with E-state index in [9.17, 15) is 40.3 Å². The topological polar surface area (TPSA) is 220 Å². The summed E-state index contributed by atoms with van der Waals surface area (Å²) in [7, 11) is -8.48. The van der Waals surface area contributed by atoms with Crippen molar-refractivity contribution in [1.82, 2.24) is 16.0 Å². The van der Waals surface area contributed by atoms with Crippen LogP contribution in [0.1, 0.15) is 16.7 Å². The lowest BCUT2D eigenvalue weighted by Gasteiger charge is -2.17. The van der Waals surface area contributed by atoms with Crippen LogP contribution < -0.4 is 24.3 Å². The standard InChI is InChI=1S/C28H29N3O11S2/c1-29-28(34)25(17-20-9-13-23(14-10-20)42-44(38,39)40)31-26(32)18-24(21-5-3-2-4-6-21)27(33)30-16-15-19-7-11-22(12-8-19)41-43(35,36)37/h2-14,18,25H,15-17H2,1H3,(H,29,34)(H,30,33)(H,31,32)(H,35,36,37)(H,38,39,40)/p-2/b24-18-. The van der Waals surface area contributed by atoms with Crippen molar-refractivity contribution in [3.8, 4) is 11.5 Å². The predicted molar refractivity (Wildman–Crippen MR) is 154 cm³/mol. The number of amides is 3. The second-order valence-corrected chi connectivity index (χ2v) is 11.0. The summed E-state index contributed by atoms with van der Waals surface area (Å²) >= 11 is 0. The minimum Gasteiger partial charge on any atom is -0.716 e. The molecule has 3 rings (SSSR count). The Balaban J connectivity index is 1.71. The Bertz CT molecular complexity index is 1710. The Labute approximate surface area is 254 Å². The van der Waals surface area contributed by atoms with Gasteiger partial charge >= 0.3 is 0 Å². The van der Waals surface area contributed by atoms with Crippen molar-refractivity contribution in [2.75, 3.05) is 13.6 Å². The fourth-order valence-electron chi connectivity index (χ4n) is 3.91. The quantitative estimate of drug-likeness (QED) is 0.125. The maximum Gasteiger partial charge on any atom is 0.262 e. The monoisotopic (exact) mass is 645 g/mol. The molecule has 16 heteroatoms. The first-order valence-electron chi connectivity index (χ1n) is 12.8. The van der Waals surface area contributed by atoms with Crippen LogP contribution in [-0.2, 0) is 48.0 Å². The first kappa shape index (κ1) is 33.7. The summed E-state index contributed by atoms with van der Waals surface area (Å²) in [5.41, 5.74) is 1.66. The molecular formula is C28H27N3O11S2-2. The largest absolute Gasteiger partial charge is 0.716 e. The molecule has 1 atom stereocenters. The van der Waals surface area contributed by atoms with Crippen LogP contribution in [0.4, 0.5) is 0 Å². The highest BCUT2D eigenvalue weighted by Gasteiger charge is 2.21. The van der Waals surface area contributed by atoms with Gasteiger partial charge in [-0.2, -0.15) is 0 Å². The van der Waals surface area contributed by atoms with Gasteiger partial charge < -0.3 is 33.4 Å². The van der Waals surface area contributed by atoms with E-state index in [0.29, 0.717) is 23.1 Å². The lowest BCUT2D eigenvalue weighted by atomic mass is 10.0. The number of hydrogen-bond donors (Lipinski definition) is 3. The summed E-state index contributed by atoms with van der Waals surface area (Å²) in [5.74, 6) is -2.22. The van der Waals surface area contributed by atoms with Crippen molar-refractivity contribution in [3.63, 3.8) is 0 Å². The Morgan fingerprint density at radius 2 is 1.32 bits per heavy atom. The zero-order valence-corrected chi connectivity index (χ0v) is 24.7. The first-order valence-corrected chi connectivity index (χ1v) is 15.4. The van der Waals surface area contributed by atoms with Gasteiger partial charge in [-0.15, -0.1) is 0 Å². The Morgan fingerprint density at radius 3 is 1.82 bits per heavy atom. The molecule has 0 aliphatic carbocycles. The zero-order chi connectivity index (χ0) is 32.3. The fraction of sp³-hybridized carbons (Fsp3) is 0.179. The molecule has 0 radical (unpaired) electrons. The van der Waals surface area contributed by atoms with E-state index in [1.807, 2.05) is 0 Å². The van der Waals surface area contributed by atoms with E-state index >= 15 is 0 Å². The molecular weight excluding hydrogens is 618 g/mol. The van der Waals surface area contributed by atoms with E-state index in [1.165, 1.54) is 55.6 Å². The molecule has 3 aromatic rings. The van der Waals surface area contributed by atoms with Gasteiger partial charge in [0.1, 0.15) is 17.5 Å². The molecule has 0 saturated heterocycles. The molecule has 3 aromatic carbocycles. The molecule has 3 N–H and O–H groups in total. The van der Waals surface area contributed by atoms with Crippen LogP contribution in [0.25, 0.3) is 5.57 Å². The molecule has 0 aliphatic rings. The number of rotatable bonds is 14. The van der Waals surface area contributed by atoms with Gasteiger partial charge in [-0.25, -0.2) is 16.8 Å². The van der Waals surface area contributed by atoms with E-state index in [4.69, 9.17) is 0 Å². The van der Waals surface area contributed by atoms with E-state index in [-0.39, 0.29) is 30.0 Å². The van der Waals surface area contributed by atoms with E-state index in [1.54, 1.807) is 30.3 Å². The molecule has 0 bridgehead atoms. The lowest BCUT2D eigenvalue weighted by molar-refractivity contribution is -0.126. The van der Waals surface area contributed by atoms with Crippen molar-refractivity contribution < 1.29 is 48.7 Å². The van der Waals surface area contributed by atoms with Crippen LogP contribution in [0.5, 0.6) is 11.5 Å². The number of carbonyl (C=O) groups is 3. The second-order valence-electron chi connectivity index (χ2n) is 9.08. The summed E-state index contributed by atoms with van der Waals surface area (Å²) in [4.78, 5) is 38.7. The number of nitrogens with one attached hydrogen (secondary N) is 3. The Morgan fingerprint density at radius 1 is 0.795 bits per heavy atom. The Hall–Kier alpha value is -4.77. The average Bonchev–Trinajstić information content (AvgIpc) is 2.96. The summed E-state index contributed by atoms with van der Waals surface area (Å²) in [6.07, 6.45) is 1.38. The molecule has 3 amide bonds. The third-order valence-electron chi connectivity index (χ3n) is 5.87. The highest BCUT2D eigenvalue weighted by atomic mass is 32.3. The van der Waals surface area contributed by atoms with Crippen molar-refractivity contribution >= 4 is 44.1 Å². The van der Waals surface area contributed by atoms with Gasteiger partial charge in [0.05, 0.1) is 5.57 Å². The van der Waals surface area contributed by atoms with Gasteiger partial charge in [0.15, 0.2) is 0 Å². The van der Waals surface area contributed by atoms with Gasteiger partial charge in [0, 0.05) is 26.1 Å². The van der Waals surface area contributed by atoms with E-state index in [0.717, 1.165) is 6.08 Å². The van der Waals surface area contributed by atoms with Crippen LogP contribution in [0.3, 0.4) is 0 Å². The molecule has 234 valence electrons. The van der Waals surface area contributed by atoms with E-state index < -0.39 is 44.6 Å². The molecule has 14 nitrogen and oxygen atoms in total. The molecule has 0 saturated carbocycles. The molecule has 1 unspecified atom stereocenters. The van der Waals surface area contributed by atoms with Crippen LogP contribution in [0.2, 0.25) is 0 Å². The fourth-order valence-corrected chi connectivity index (χ4v) is 4.60. The SMILES string of the molecule is CNC(=O)C(Cc1ccc(OS(=O)(=O)[O-])cc1)NC(=O)/C=C(\C(=O)NCCc1ccc(OS(=O)(=O)[O-])cc1)c1ccccc1. The molecule has 44 heavy (non-hydrogen) atoms. The molecule has 0 fully saturated rings. The summed E-state index contributed by atoms with van der Waals surface area (Å²) in [6.45, 7) is 0.138. The third kappa shape index (κ3) is 11.5. The number of benzene rings is 3. The lowest BCUT2D eigenvalue weighted by Crippen LogP contribution is -2.46. The first-order chi connectivity index (χ1) is 20.7. The number of likely N-dealkylation sites (N-methyl/N-ethyl adjacent to an activating group) is 1. The molecule has 0 spiro atoms. The van der Waals surface area contributed by atoms with Crippen LogP contribution >= 0.6 is 0 Å². The highest BCUT2D eigenvalue weighted by molar-refractivity contribution is 7.81. The van der Waals surface area contributed by atoms with Crippen LogP contribution in [-0.4, -0.2) is 63.3 Å². The van der Waals surface area contributed by atoms with Crippen molar-refractivity contribution in [3.05, 3.63) is 102 Å². The smallest absolute Gasteiger partial charge is 0.262 e. The summed E-state index contributed by atoms with van der Waals surface area (Å²) in [5, 5.41) is 7.73. The van der Waals surface area contributed by atoms with Crippen molar-refractivity contribution in [2.24, 2.45) is 0 Å². The number of hydrogen-bond acceptors (Lipinski definition) is 11. The maximum atomic E-state index is 13.1. The van der Waals surface area contributed by atoms with Crippen molar-refractivity contribution in [1.29, 1.82) is 0 Å². The maximum absolute atomic E-state index is 13.1. The van der Waals surface area contributed by atoms with Crippen LogP contribution in [0, 0.1) is 0 Å². The average molecular weight is 646 g/mol. The second kappa shape index (κ2) is 15.1. The van der Waals surface area contributed by atoms with Gasteiger partial charge in [-0.1, -0.05) is 54.6 Å². The van der Waals surface area contributed by atoms with Gasteiger partial charge in [0.25, 0.3) is 26.7 Å². The van der Waals surface area contributed by atoms with E-state index in [2.05, 4.69) is 24.3 Å². The van der Waals surface area contributed by atoms with Gasteiger partial charge in [-0.3, -0.25) is 14.4 Å². The van der Waals surface area contributed by atoms with Crippen LogP contribution in [0.15, 0.2) is 84.9 Å². The predicted octanol–water partition coefficient (Wildman–Crippen LogP) is 0.580. The van der Waals surface area contributed by atoms with Gasteiger partial charge in [-0.05, 0) is 47.4 Å². The third-order valence-corrected chi connectivity index (χ3v) is 6.66. The minimum atomic E-state index is -4.96. The number of carbonyl (C=O) groups excluding carboxylic acids is 3. The van der Waals surface area contributed by atoms with Gasteiger partial charge in [0.2, 0.25) is 11.8 Å². The minimum absolute atomic E-state index is 0.0128. The molecule has 0 heterocycles. The molecule has 0 aromatic heterocycles. The molecule has 0 aliphatic heterocycles. The van der Waals surface area contributed by atoms with Crippen molar-refractivity contribution in [2.45, 2.75) is 18.9 Å². The summed E-state index contributed by atoms with van der Waals surface area (Å²) in [6, 6.07) is 18.2.